The first-order valence-electron chi connectivity index (χ1n) is 11.2. The number of hydrogen-bond donors (Lipinski definition) is 0. The molecule has 3 amide bonds. The molecule has 2 aliphatic heterocycles. The Morgan fingerprint density at radius 2 is 1.47 bits per heavy atom. The molecule has 1 aromatic carbocycles. The normalized spacial score (nSPS) is 19.4. The molecule has 2 heterocycles. The number of carbonyl (C=O) groups is 3. The van der Waals surface area contributed by atoms with Crippen LogP contribution < -0.4 is 9.64 Å². The van der Waals surface area contributed by atoms with E-state index < -0.39 is 0 Å². The van der Waals surface area contributed by atoms with Crippen LogP contribution in [0, 0.1) is 5.92 Å². The fourth-order valence-electron chi connectivity index (χ4n) is 4.73. The summed E-state index contributed by atoms with van der Waals surface area (Å²) in [6, 6.07) is 7.49. The van der Waals surface area contributed by atoms with E-state index in [1.807, 2.05) is 29.2 Å². The minimum absolute atomic E-state index is 0.00668. The lowest BCUT2D eigenvalue weighted by Crippen LogP contribution is -2.51. The fourth-order valence-corrected chi connectivity index (χ4v) is 4.73. The zero-order valence-corrected chi connectivity index (χ0v) is 17.6. The van der Waals surface area contributed by atoms with Crippen molar-refractivity contribution in [3.8, 4) is 5.75 Å². The summed E-state index contributed by atoms with van der Waals surface area (Å²) < 4.78 is 5.59. The molecule has 7 heteroatoms. The van der Waals surface area contributed by atoms with Crippen LogP contribution in [-0.2, 0) is 14.4 Å². The molecule has 0 aromatic heterocycles. The van der Waals surface area contributed by atoms with Crippen LogP contribution in [0.1, 0.15) is 44.9 Å². The molecule has 0 atom stereocenters. The van der Waals surface area contributed by atoms with Gasteiger partial charge in [0, 0.05) is 45.4 Å². The summed E-state index contributed by atoms with van der Waals surface area (Å²) in [4.78, 5) is 43.2. The van der Waals surface area contributed by atoms with Crippen LogP contribution in [0.4, 0.5) is 5.69 Å². The van der Waals surface area contributed by atoms with E-state index in [0.29, 0.717) is 57.4 Å². The second-order valence-corrected chi connectivity index (χ2v) is 8.48. The molecule has 1 aliphatic carbocycles. The van der Waals surface area contributed by atoms with Gasteiger partial charge in [0.15, 0.2) is 0 Å². The Hall–Kier alpha value is -2.57. The first kappa shape index (κ1) is 20.7. The SMILES string of the molecule is O=C(CCC(=O)N1CCOc2ccccc21)N1CCN(C(=O)CC2CCCC2)CC1. The molecule has 0 N–H and O–H groups in total. The maximum Gasteiger partial charge on any atom is 0.227 e. The van der Waals surface area contributed by atoms with Crippen molar-refractivity contribution in [2.75, 3.05) is 44.2 Å². The van der Waals surface area contributed by atoms with Gasteiger partial charge in [-0.25, -0.2) is 0 Å². The Morgan fingerprint density at radius 1 is 0.833 bits per heavy atom. The predicted octanol–water partition coefficient (Wildman–Crippen LogP) is 2.44. The van der Waals surface area contributed by atoms with Crippen LogP contribution in [0.2, 0.25) is 0 Å². The van der Waals surface area contributed by atoms with Gasteiger partial charge in [-0.2, -0.15) is 0 Å². The number of fused-ring (bicyclic) bond motifs is 1. The van der Waals surface area contributed by atoms with Crippen LogP contribution in [0.3, 0.4) is 0 Å². The third-order valence-electron chi connectivity index (χ3n) is 6.51. The maximum atomic E-state index is 12.7. The van der Waals surface area contributed by atoms with Gasteiger partial charge in [-0.1, -0.05) is 25.0 Å². The predicted molar refractivity (Wildman–Crippen MR) is 113 cm³/mol. The Kier molecular flexibility index (Phi) is 6.55. The van der Waals surface area contributed by atoms with Crippen LogP contribution in [0.5, 0.6) is 5.75 Å². The zero-order valence-electron chi connectivity index (χ0n) is 17.6. The molecular formula is C23H31N3O4. The highest BCUT2D eigenvalue weighted by atomic mass is 16.5. The van der Waals surface area contributed by atoms with Crippen molar-refractivity contribution >= 4 is 23.4 Å². The monoisotopic (exact) mass is 413 g/mol. The minimum atomic E-state index is -0.0514. The fraction of sp³-hybridized carbons (Fsp3) is 0.609. The number of piperazine rings is 1. The molecule has 30 heavy (non-hydrogen) atoms. The van der Waals surface area contributed by atoms with Gasteiger partial charge in [0.05, 0.1) is 12.2 Å². The number of para-hydroxylation sites is 2. The van der Waals surface area contributed by atoms with Crippen molar-refractivity contribution in [3.05, 3.63) is 24.3 Å². The number of amides is 3. The molecule has 1 saturated carbocycles. The standard InChI is InChI=1S/C23H31N3O4/c27-21(9-10-22(28)26-15-16-30-20-8-4-3-7-19(20)26)24-11-13-25(14-12-24)23(29)17-18-5-1-2-6-18/h3-4,7-8,18H,1-2,5-6,9-17H2. The molecule has 0 radical (unpaired) electrons. The lowest BCUT2D eigenvalue weighted by Gasteiger charge is -2.35. The quantitative estimate of drug-likeness (QED) is 0.744. The number of ether oxygens (including phenoxy) is 1. The first-order chi connectivity index (χ1) is 14.6. The van der Waals surface area contributed by atoms with E-state index in [4.69, 9.17) is 4.74 Å². The van der Waals surface area contributed by atoms with E-state index in [1.165, 1.54) is 25.7 Å². The van der Waals surface area contributed by atoms with Gasteiger partial charge in [-0.15, -0.1) is 0 Å². The number of anilines is 1. The minimum Gasteiger partial charge on any atom is -0.490 e. The van der Waals surface area contributed by atoms with E-state index in [9.17, 15) is 14.4 Å². The summed E-state index contributed by atoms with van der Waals surface area (Å²) in [6.07, 6.45) is 5.88. The topological polar surface area (TPSA) is 70.2 Å². The van der Waals surface area contributed by atoms with Crippen molar-refractivity contribution in [1.29, 1.82) is 0 Å². The number of carbonyl (C=O) groups excluding carboxylic acids is 3. The molecule has 0 bridgehead atoms. The van der Waals surface area contributed by atoms with Gasteiger partial charge in [0.25, 0.3) is 0 Å². The van der Waals surface area contributed by atoms with E-state index in [-0.39, 0.29) is 30.6 Å². The molecule has 4 rings (SSSR count). The summed E-state index contributed by atoms with van der Waals surface area (Å²) in [5.74, 6) is 1.43. The molecule has 2 fully saturated rings. The molecule has 1 aromatic rings. The molecule has 7 nitrogen and oxygen atoms in total. The summed E-state index contributed by atoms with van der Waals surface area (Å²) in [5, 5.41) is 0. The van der Waals surface area contributed by atoms with Crippen LogP contribution in [0.15, 0.2) is 24.3 Å². The van der Waals surface area contributed by atoms with Gasteiger partial charge >= 0.3 is 0 Å². The first-order valence-corrected chi connectivity index (χ1v) is 11.2. The highest BCUT2D eigenvalue weighted by molar-refractivity contribution is 5.97. The van der Waals surface area contributed by atoms with Crippen molar-refractivity contribution < 1.29 is 19.1 Å². The number of nitrogens with zero attached hydrogens (tertiary/aromatic N) is 3. The Balaban J connectivity index is 1.22. The number of rotatable bonds is 5. The average Bonchev–Trinajstić information content (AvgIpc) is 3.30. The van der Waals surface area contributed by atoms with Gasteiger partial charge < -0.3 is 19.4 Å². The number of hydrogen-bond acceptors (Lipinski definition) is 4. The highest BCUT2D eigenvalue weighted by Gasteiger charge is 2.28. The smallest absolute Gasteiger partial charge is 0.227 e. The molecule has 162 valence electrons. The van der Waals surface area contributed by atoms with Crippen LogP contribution in [0.25, 0.3) is 0 Å². The maximum absolute atomic E-state index is 12.7. The zero-order chi connectivity index (χ0) is 20.9. The van der Waals surface area contributed by atoms with Crippen molar-refractivity contribution in [3.63, 3.8) is 0 Å². The summed E-state index contributed by atoms with van der Waals surface area (Å²) in [5.41, 5.74) is 0.774. The second kappa shape index (κ2) is 9.49. The Bertz CT molecular complexity index is 782. The molecule has 3 aliphatic rings. The average molecular weight is 414 g/mol. The number of benzene rings is 1. The highest BCUT2D eigenvalue weighted by Crippen LogP contribution is 2.31. The summed E-state index contributed by atoms with van der Waals surface area (Å²) in [7, 11) is 0. The van der Waals surface area contributed by atoms with E-state index in [1.54, 1.807) is 9.80 Å². The van der Waals surface area contributed by atoms with Crippen molar-refractivity contribution in [2.45, 2.75) is 44.9 Å². The lowest BCUT2D eigenvalue weighted by molar-refractivity contribution is -0.140. The van der Waals surface area contributed by atoms with Gasteiger partial charge in [0.1, 0.15) is 12.4 Å². The van der Waals surface area contributed by atoms with Crippen LogP contribution >= 0.6 is 0 Å². The summed E-state index contributed by atoms with van der Waals surface area (Å²) in [6.45, 7) is 3.29. The van der Waals surface area contributed by atoms with Crippen molar-refractivity contribution in [1.82, 2.24) is 9.80 Å². The Morgan fingerprint density at radius 3 is 2.20 bits per heavy atom. The summed E-state index contributed by atoms with van der Waals surface area (Å²) >= 11 is 0. The van der Waals surface area contributed by atoms with Gasteiger partial charge in [-0.05, 0) is 30.9 Å². The van der Waals surface area contributed by atoms with Gasteiger partial charge in [0.2, 0.25) is 17.7 Å². The third-order valence-corrected chi connectivity index (χ3v) is 6.51. The van der Waals surface area contributed by atoms with Gasteiger partial charge in [-0.3, -0.25) is 14.4 Å². The van der Waals surface area contributed by atoms with E-state index in [2.05, 4.69) is 0 Å². The molecule has 0 spiro atoms. The Labute approximate surface area is 177 Å². The van der Waals surface area contributed by atoms with Crippen LogP contribution in [-0.4, -0.2) is 66.9 Å². The largest absolute Gasteiger partial charge is 0.490 e. The third kappa shape index (κ3) is 4.77. The lowest BCUT2D eigenvalue weighted by atomic mass is 10.0. The van der Waals surface area contributed by atoms with Crippen molar-refractivity contribution in [2.24, 2.45) is 5.92 Å². The second-order valence-electron chi connectivity index (χ2n) is 8.48. The molecule has 1 saturated heterocycles. The van der Waals surface area contributed by atoms with E-state index in [0.717, 1.165) is 5.69 Å². The molecular weight excluding hydrogens is 382 g/mol. The molecule has 0 unspecified atom stereocenters. The van der Waals surface area contributed by atoms with E-state index >= 15 is 0 Å².